The first-order valence-electron chi connectivity index (χ1n) is 11.6. The maximum Gasteiger partial charge on any atom is 0.254 e. The molecular formula is C29H26N4O3S. The van der Waals surface area contributed by atoms with Crippen molar-refractivity contribution in [3.63, 3.8) is 0 Å². The van der Waals surface area contributed by atoms with Crippen LogP contribution in [0.15, 0.2) is 107 Å². The van der Waals surface area contributed by atoms with Gasteiger partial charge in [-0.25, -0.2) is 0 Å². The van der Waals surface area contributed by atoms with E-state index in [0.717, 1.165) is 5.56 Å². The van der Waals surface area contributed by atoms with Gasteiger partial charge in [0, 0.05) is 22.6 Å². The van der Waals surface area contributed by atoms with Gasteiger partial charge in [-0.1, -0.05) is 60.3 Å². The first-order valence-corrected chi connectivity index (χ1v) is 12.6. The zero-order valence-electron chi connectivity index (χ0n) is 20.4. The summed E-state index contributed by atoms with van der Waals surface area (Å²) in [5, 5.41) is 19.7. The van der Waals surface area contributed by atoms with Crippen LogP contribution in [0.2, 0.25) is 0 Å². The molecule has 3 aromatic carbocycles. The molecule has 0 bridgehead atoms. The highest BCUT2D eigenvalue weighted by atomic mass is 32.2. The standard InChI is InChI=1S/C29H26N4O3S/c1-19-26(28(35)33-21-11-7-4-8-12-21)27(20-9-5-3-6-10-20)24(17-30)29(31-19)37-18-25(34)32-22-13-15-23(36-2)16-14-22/h3-16,27,31H,18H2,1-2H3,(H,32,34)(H,33,35)/t27-/m1/s1. The molecule has 0 radical (unpaired) electrons. The van der Waals surface area contributed by atoms with Crippen molar-refractivity contribution < 1.29 is 14.3 Å². The number of allylic oxidation sites excluding steroid dienone is 2. The fourth-order valence-corrected chi connectivity index (χ4v) is 4.93. The lowest BCUT2D eigenvalue weighted by atomic mass is 9.82. The molecule has 7 nitrogen and oxygen atoms in total. The number of nitriles is 1. The van der Waals surface area contributed by atoms with Crippen molar-refractivity contribution in [3.8, 4) is 11.8 Å². The number of nitrogens with zero attached hydrogens (tertiary/aromatic N) is 1. The fraction of sp³-hybridized carbons (Fsp3) is 0.138. The predicted octanol–water partition coefficient (Wildman–Crippen LogP) is 5.40. The largest absolute Gasteiger partial charge is 0.497 e. The molecule has 0 saturated heterocycles. The third-order valence-corrected chi connectivity index (χ3v) is 6.80. The van der Waals surface area contributed by atoms with E-state index in [0.29, 0.717) is 39.0 Å². The number of ether oxygens (including phenoxy) is 1. The minimum atomic E-state index is -0.580. The predicted molar refractivity (Wildman–Crippen MR) is 147 cm³/mol. The van der Waals surface area contributed by atoms with Crippen LogP contribution in [0, 0.1) is 11.3 Å². The van der Waals surface area contributed by atoms with Crippen LogP contribution in [0.4, 0.5) is 11.4 Å². The molecule has 3 N–H and O–H groups in total. The van der Waals surface area contributed by atoms with Gasteiger partial charge in [-0.05, 0) is 48.9 Å². The molecule has 1 aliphatic rings. The average Bonchev–Trinajstić information content (AvgIpc) is 2.92. The third-order valence-electron chi connectivity index (χ3n) is 5.78. The van der Waals surface area contributed by atoms with E-state index in [1.807, 2.05) is 67.6 Å². The topological polar surface area (TPSA) is 103 Å². The molecule has 186 valence electrons. The van der Waals surface area contributed by atoms with E-state index in [9.17, 15) is 14.9 Å². The van der Waals surface area contributed by atoms with E-state index in [1.54, 1.807) is 31.4 Å². The molecule has 0 unspecified atom stereocenters. The highest BCUT2D eigenvalue weighted by molar-refractivity contribution is 8.03. The van der Waals surface area contributed by atoms with E-state index in [1.165, 1.54) is 11.8 Å². The SMILES string of the molecule is COc1ccc(NC(=O)CSC2=C(C#N)[C@@H](c3ccccc3)C(C(=O)Nc3ccccc3)=C(C)N2)cc1. The van der Waals surface area contributed by atoms with Gasteiger partial charge in [-0.15, -0.1) is 0 Å². The Morgan fingerprint density at radius 3 is 2.19 bits per heavy atom. The van der Waals surface area contributed by atoms with Crippen LogP contribution >= 0.6 is 11.8 Å². The Kier molecular flexibility index (Phi) is 8.29. The lowest BCUT2D eigenvalue weighted by Gasteiger charge is -2.29. The normalized spacial score (nSPS) is 14.9. The van der Waals surface area contributed by atoms with Crippen LogP contribution in [0.5, 0.6) is 5.75 Å². The zero-order valence-corrected chi connectivity index (χ0v) is 21.3. The number of rotatable bonds is 8. The molecule has 0 fully saturated rings. The van der Waals surface area contributed by atoms with E-state index in [-0.39, 0.29) is 17.6 Å². The highest BCUT2D eigenvalue weighted by Gasteiger charge is 2.34. The van der Waals surface area contributed by atoms with E-state index < -0.39 is 5.92 Å². The van der Waals surface area contributed by atoms with Crippen molar-refractivity contribution in [2.24, 2.45) is 0 Å². The van der Waals surface area contributed by atoms with Crippen molar-refractivity contribution in [2.45, 2.75) is 12.8 Å². The second-order valence-corrected chi connectivity index (χ2v) is 9.23. The quantitative estimate of drug-likeness (QED) is 0.375. The summed E-state index contributed by atoms with van der Waals surface area (Å²) in [7, 11) is 1.58. The van der Waals surface area contributed by atoms with Gasteiger partial charge in [0.05, 0.1) is 35.5 Å². The third kappa shape index (κ3) is 6.21. The number of para-hydroxylation sites is 1. The molecular weight excluding hydrogens is 484 g/mol. The van der Waals surface area contributed by atoms with Crippen molar-refractivity contribution in [1.82, 2.24) is 5.32 Å². The van der Waals surface area contributed by atoms with Crippen LogP contribution in [0.25, 0.3) is 0 Å². The van der Waals surface area contributed by atoms with Gasteiger partial charge >= 0.3 is 0 Å². The molecule has 0 aromatic heterocycles. The van der Waals surface area contributed by atoms with Gasteiger partial charge < -0.3 is 20.7 Å². The van der Waals surface area contributed by atoms with Crippen molar-refractivity contribution in [1.29, 1.82) is 5.26 Å². The molecule has 0 spiro atoms. The van der Waals surface area contributed by atoms with Gasteiger partial charge in [0.15, 0.2) is 0 Å². The van der Waals surface area contributed by atoms with E-state index in [2.05, 4.69) is 22.0 Å². The average molecular weight is 511 g/mol. The number of benzene rings is 3. The van der Waals surface area contributed by atoms with Gasteiger partial charge in [-0.3, -0.25) is 9.59 Å². The summed E-state index contributed by atoms with van der Waals surface area (Å²) in [5.74, 6) is -0.307. The summed E-state index contributed by atoms with van der Waals surface area (Å²) in [6, 6.07) is 28.0. The number of nitrogens with one attached hydrogen (secondary N) is 3. The molecule has 3 aromatic rings. The van der Waals surface area contributed by atoms with Gasteiger partial charge in [0.25, 0.3) is 5.91 Å². The number of thioether (sulfide) groups is 1. The van der Waals surface area contributed by atoms with Gasteiger partial charge in [0.1, 0.15) is 5.75 Å². The minimum absolute atomic E-state index is 0.0832. The number of amides is 2. The molecule has 2 amide bonds. The number of anilines is 2. The van der Waals surface area contributed by atoms with Crippen LogP contribution < -0.4 is 20.7 Å². The second kappa shape index (κ2) is 12.0. The smallest absolute Gasteiger partial charge is 0.254 e. The second-order valence-electron chi connectivity index (χ2n) is 8.25. The summed E-state index contributed by atoms with van der Waals surface area (Å²) in [5.41, 5.74) is 3.60. The molecule has 1 heterocycles. The Bertz CT molecular complexity index is 1380. The number of hydrogen-bond acceptors (Lipinski definition) is 6. The maximum atomic E-state index is 13.4. The lowest BCUT2D eigenvalue weighted by molar-refractivity contribution is -0.114. The first kappa shape index (κ1) is 25.6. The highest BCUT2D eigenvalue weighted by Crippen LogP contribution is 2.40. The van der Waals surface area contributed by atoms with Crippen molar-refractivity contribution in [3.05, 3.63) is 112 Å². The monoisotopic (exact) mass is 510 g/mol. The number of carbonyl (C=O) groups excluding carboxylic acids is 2. The number of dihydropyridines is 1. The van der Waals surface area contributed by atoms with Crippen molar-refractivity contribution in [2.75, 3.05) is 23.5 Å². The molecule has 1 aliphatic heterocycles. The summed E-state index contributed by atoms with van der Waals surface area (Å²) < 4.78 is 5.15. The van der Waals surface area contributed by atoms with Crippen LogP contribution in [0.1, 0.15) is 18.4 Å². The van der Waals surface area contributed by atoms with E-state index >= 15 is 0 Å². The zero-order chi connectivity index (χ0) is 26.2. The number of methoxy groups -OCH3 is 1. The Labute approximate surface area is 220 Å². The minimum Gasteiger partial charge on any atom is -0.497 e. The van der Waals surface area contributed by atoms with Gasteiger partial charge in [0.2, 0.25) is 5.91 Å². The molecule has 37 heavy (non-hydrogen) atoms. The Morgan fingerprint density at radius 1 is 0.946 bits per heavy atom. The molecule has 0 aliphatic carbocycles. The fourth-order valence-electron chi connectivity index (χ4n) is 4.04. The molecule has 8 heteroatoms. The number of hydrogen-bond donors (Lipinski definition) is 3. The Hall–Kier alpha value is -4.48. The number of carbonyl (C=O) groups is 2. The van der Waals surface area contributed by atoms with Crippen LogP contribution in [-0.2, 0) is 9.59 Å². The molecule has 1 atom stereocenters. The molecule has 0 saturated carbocycles. The summed E-state index contributed by atoms with van der Waals surface area (Å²) in [4.78, 5) is 26.1. The Balaban J connectivity index is 1.58. The van der Waals surface area contributed by atoms with Gasteiger partial charge in [-0.2, -0.15) is 5.26 Å². The van der Waals surface area contributed by atoms with Crippen molar-refractivity contribution >= 4 is 35.0 Å². The summed E-state index contributed by atoms with van der Waals surface area (Å²) in [6.45, 7) is 1.81. The summed E-state index contributed by atoms with van der Waals surface area (Å²) >= 11 is 1.23. The molecule has 4 rings (SSSR count). The maximum absolute atomic E-state index is 13.4. The first-order chi connectivity index (χ1) is 18.0. The Morgan fingerprint density at radius 2 is 1.57 bits per heavy atom. The van der Waals surface area contributed by atoms with Crippen LogP contribution in [0.3, 0.4) is 0 Å². The van der Waals surface area contributed by atoms with Crippen LogP contribution in [-0.4, -0.2) is 24.7 Å². The lowest BCUT2D eigenvalue weighted by Crippen LogP contribution is -2.31. The summed E-state index contributed by atoms with van der Waals surface area (Å²) in [6.07, 6.45) is 0. The van der Waals surface area contributed by atoms with E-state index in [4.69, 9.17) is 4.74 Å².